The number of halogens is 2. The number of hydrogen-bond donors (Lipinski definition) is 0. The predicted octanol–water partition coefficient (Wildman–Crippen LogP) is 3.17. The second-order valence-electron chi connectivity index (χ2n) is 1.09. The highest BCUT2D eigenvalue weighted by molar-refractivity contribution is 14.1. The van der Waals surface area contributed by atoms with E-state index in [0.29, 0.717) is 0 Å². The van der Waals surface area contributed by atoms with Crippen LogP contribution in [0, 0.1) is 0 Å². The summed E-state index contributed by atoms with van der Waals surface area (Å²) in [6.07, 6.45) is 0. The second kappa shape index (κ2) is 10.1. The maximum atomic E-state index is 5.14. The molecule has 56 valence electrons. The van der Waals surface area contributed by atoms with Crippen molar-refractivity contribution in [2.75, 3.05) is 20.4 Å². The molecular formula is C4H8I2OS2. The summed E-state index contributed by atoms with van der Waals surface area (Å²) in [4.78, 5) is 0. The van der Waals surface area contributed by atoms with E-state index in [4.69, 9.17) is 3.63 Å². The molecular weight excluding hydrogens is 382 g/mol. The topological polar surface area (TPSA) is 9.23 Å². The van der Waals surface area contributed by atoms with E-state index in [2.05, 4.69) is 45.2 Å². The lowest BCUT2D eigenvalue weighted by atomic mass is 11.0. The number of alkyl halides is 2. The van der Waals surface area contributed by atoms with E-state index in [-0.39, 0.29) is 0 Å². The van der Waals surface area contributed by atoms with E-state index in [1.165, 1.54) is 0 Å². The first-order valence-electron chi connectivity index (χ1n) is 2.45. The average Bonchev–Trinajstić information content (AvgIpc) is 1.89. The molecule has 1 nitrogen and oxygen atoms in total. The lowest BCUT2D eigenvalue weighted by Crippen LogP contribution is -1.80. The molecule has 0 spiro atoms. The molecule has 0 aromatic carbocycles. The van der Waals surface area contributed by atoms with Gasteiger partial charge in [-0.1, -0.05) is 45.2 Å². The van der Waals surface area contributed by atoms with Gasteiger partial charge in [0.2, 0.25) is 0 Å². The molecule has 0 fully saturated rings. The van der Waals surface area contributed by atoms with E-state index in [0.717, 1.165) is 20.4 Å². The van der Waals surface area contributed by atoms with Crippen LogP contribution in [0.15, 0.2) is 0 Å². The maximum absolute atomic E-state index is 5.14. The molecule has 0 rings (SSSR count). The standard InChI is InChI=1S/C4H8I2OS2/c5-1-3-8-7-9-4-2-6/h1-4H2. The molecule has 0 saturated carbocycles. The summed E-state index contributed by atoms with van der Waals surface area (Å²) in [5.41, 5.74) is 0. The molecule has 0 saturated heterocycles. The molecule has 0 aliphatic rings. The molecule has 0 heterocycles. The molecule has 0 N–H and O–H groups in total. The van der Waals surface area contributed by atoms with Crippen LogP contribution in [0.2, 0.25) is 0 Å². The highest BCUT2D eigenvalue weighted by Crippen LogP contribution is 2.15. The van der Waals surface area contributed by atoms with Gasteiger partial charge < -0.3 is 0 Å². The third-order valence-electron chi connectivity index (χ3n) is 0.417. The average molecular weight is 390 g/mol. The van der Waals surface area contributed by atoms with Crippen LogP contribution < -0.4 is 0 Å². The van der Waals surface area contributed by atoms with Gasteiger partial charge >= 0.3 is 0 Å². The third kappa shape index (κ3) is 10.1. The van der Waals surface area contributed by atoms with Crippen molar-refractivity contribution in [3.8, 4) is 0 Å². The van der Waals surface area contributed by atoms with Crippen molar-refractivity contribution in [3.05, 3.63) is 0 Å². The molecule has 0 amide bonds. The first-order chi connectivity index (χ1) is 4.41. The number of hydrogen-bond acceptors (Lipinski definition) is 3. The molecule has 0 aliphatic heterocycles. The normalized spacial score (nSPS) is 10.0. The van der Waals surface area contributed by atoms with Crippen LogP contribution in [-0.4, -0.2) is 20.4 Å². The van der Waals surface area contributed by atoms with Crippen LogP contribution in [0.4, 0.5) is 0 Å². The molecule has 0 unspecified atom stereocenters. The van der Waals surface area contributed by atoms with Crippen molar-refractivity contribution in [2.45, 2.75) is 0 Å². The monoisotopic (exact) mass is 390 g/mol. The van der Waals surface area contributed by atoms with Gasteiger partial charge in [-0.3, -0.25) is 0 Å². The van der Waals surface area contributed by atoms with E-state index in [1.54, 1.807) is 24.1 Å². The Bertz CT molecular complexity index is 49.8. The summed E-state index contributed by atoms with van der Waals surface area (Å²) in [6, 6.07) is 0. The van der Waals surface area contributed by atoms with Crippen LogP contribution in [0.3, 0.4) is 0 Å². The van der Waals surface area contributed by atoms with Gasteiger partial charge in [0.15, 0.2) is 0 Å². The molecule has 0 bridgehead atoms. The smallest absolute Gasteiger partial charge is 0.0300 e. The fourth-order valence-electron chi connectivity index (χ4n) is 0.165. The zero-order valence-corrected chi connectivity index (χ0v) is 10.8. The largest absolute Gasteiger partial charge is 0.247 e. The highest BCUT2D eigenvalue weighted by Gasteiger charge is 1.87. The van der Waals surface area contributed by atoms with Crippen molar-refractivity contribution >= 4 is 69.3 Å². The summed E-state index contributed by atoms with van der Waals surface area (Å²) in [5.74, 6) is 2.18. The molecule has 0 aromatic heterocycles. The van der Waals surface area contributed by atoms with E-state index < -0.39 is 0 Å². The Morgan fingerprint density at radius 2 is 1.44 bits per heavy atom. The van der Waals surface area contributed by atoms with Gasteiger partial charge in [-0.25, -0.2) is 3.63 Å². The van der Waals surface area contributed by atoms with Gasteiger partial charge in [0.1, 0.15) is 0 Å². The Morgan fingerprint density at radius 1 is 1.00 bits per heavy atom. The van der Waals surface area contributed by atoms with E-state index in [9.17, 15) is 0 Å². The summed E-state index contributed by atoms with van der Waals surface area (Å²) >= 11 is 7.76. The minimum atomic E-state index is 1.09. The van der Waals surface area contributed by atoms with Gasteiger partial charge in [-0.05, 0) is 0 Å². The van der Waals surface area contributed by atoms with E-state index >= 15 is 0 Å². The second-order valence-corrected chi connectivity index (χ2v) is 5.08. The maximum Gasteiger partial charge on any atom is 0.0300 e. The summed E-state index contributed by atoms with van der Waals surface area (Å²) < 4.78 is 7.46. The first-order valence-corrected chi connectivity index (χ1v) is 7.32. The zero-order chi connectivity index (χ0) is 6.95. The Balaban J connectivity index is 2.60. The van der Waals surface area contributed by atoms with Crippen molar-refractivity contribution in [3.63, 3.8) is 0 Å². The summed E-state index contributed by atoms with van der Waals surface area (Å²) in [7, 11) is 0. The number of rotatable bonds is 6. The SMILES string of the molecule is ICCSOSCCI. The Morgan fingerprint density at radius 3 is 1.78 bits per heavy atom. The van der Waals surface area contributed by atoms with Crippen molar-refractivity contribution in [2.24, 2.45) is 0 Å². The van der Waals surface area contributed by atoms with Gasteiger partial charge in [-0.15, -0.1) is 0 Å². The Labute approximate surface area is 92.1 Å². The van der Waals surface area contributed by atoms with Crippen molar-refractivity contribution < 1.29 is 3.63 Å². The third-order valence-corrected chi connectivity index (χ3v) is 4.47. The van der Waals surface area contributed by atoms with Crippen molar-refractivity contribution in [1.29, 1.82) is 0 Å². The summed E-state index contributed by atoms with van der Waals surface area (Å²) in [6.45, 7) is 0. The highest BCUT2D eigenvalue weighted by atomic mass is 127. The van der Waals surface area contributed by atoms with Gasteiger partial charge in [0.25, 0.3) is 0 Å². The predicted molar refractivity (Wildman–Crippen MR) is 63.8 cm³/mol. The van der Waals surface area contributed by atoms with Gasteiger partial charge in [-0.2, -0.15) is 0 Å². The molecule has 0 aromatic rings. The molecule has 0 radical (unpaired) electrons. The Kier molecular flexibility index (Phi) is 12.5. The fourth-order valence-corrected chi connectivity index (χ4v) is 2.19. The van der Waals surface area contributed by atoms with Crippen LogP contribution in [0.25, 0.3) is 0 Å². The summed E-state index contributed by atoms with van der Waals surface area (Å²) in [5, 5.41) is 0. The zero-order valence-electron chi connectivity index (χ0n) is 4.81. The van der Waals surface area contributed by atoms with Crippen LogP contribution in [0.1, 0.15) is 0 Å². The quantitative estimate of drug-likeness (QED) is 0.299. The minimum absolute atomic E-state index is 1.09. The molecule has 5 heteroatoms. The van der Waals surface area contributed by atoms with Crippen molar-refractivity contribution in [1.82, 2.24) is 0 Å². The molecule has 0 aliphatic carbocycles. The van der Waals surface area contributed by atoms with Gasteiger partial charge in [0.05, 0.1) is 0 Å². The first kappa shape index (κ1) is 11.1. The molecule has 9 heavy (non-hydrogen) atoms. The molecule has 0 atom stereocenters. The van der Waals surface area contributed by atoms with E-state index in [1.807, 2.05) is 0 Å². The Hall–Kier alpha value is 2.12. The fraction of sp³-hybridized carbons (Fsp3) is 1.00. The van der Waals surface area contributed by atoms with Gasteiger partial charge in [0, 0.05) is 44.4 Å². The van der Waals surface area contributed by atoms with Crippen LogP contribution in [0.5, 0.6) is 0 Å². The minimum Gasteiger partial charge on any atom is -0.247 e. The van der Waals surface area contributed by atoms with Crippen LogP contribution >= 0.6 is 69.3 Å². The lowest BCUT2D eigenvalue weighted by Gasteiger charge is -1.95. The van der Waals surface area contributed by atoms with Crippen LogP contribution in [-0.2, 0) is 3.63 Å². The lowest BCUT2D eigenvalue weighted by molar-refractivity contribution is 0.760.